The highest BCUT2D eigenvalue weighted by molar-refractivity contribution is 7.89. The van der Waals surface area contributed by atoms with E-state index in [0.29, 0.717) is 18.8 Å². The maximum atomic E-state index is 12.3. The molecule has 17 heavy (non-hydrogen) atoms. The number of anilines is 1. The molecule has 0 aromatic heterocycles. The van der Waals surface area contributed by atoms with Crippen molar-refractivity contribution in [2.45, 2.75) is 32.1 Å². The summed E-state index contributed by atoms with van der Waals surface area (Å²) in [5.74, 6) is 0. The molecule has 0 radical (unpaired) electrons. The zero-order valence-corrected chi connectivity index (χ0v) is 11.4. The topological polar surface area (TPSA) is 63.4 Å². The molecule has 96 valence electrons. The Hall–Kier alpha value is -1.07. The van der Waals surface area contributed by atoms with Crippen molar-refractivity contribution in [2.75, 3.05) is 18.8 Å². The van der Waals surface area contributed by atoms with Gasteiger partial charge in [-0.05, 0) is 37.1 Å². The van der Waals surface area contributed by atoms with Gasteiger partial charge in [0.25, 0.3) is 0 Å². The van der Waals surface area contributed by atoms with Crippen LogP contribution in [0.1, 0.15) is 25.8 Å². The largest absolute Gasteiger partial charge is 0.399 e. The first kappa shape index (κ1) is 14.0. The van der Waals surface area contributed by atoms with Crippen molar-refractivity contribution < 1.29 is 8.42 Å². The van der Waals surface area contributed by atoms with Gasteiger partial charge in [-0.25, -0.2) is 8.42 Å². The van der Waals surface area contributed by atoms with Crippen molar-refractivity contribution in [3.05, 3.63) is 23.8 Å². The van der Waals surface area contributed by atoms with Crippen molar-refractivity contribution in [3.63, 3.8) is 0 Å². The molecule has 1 rings (SSSR count). The molecule has 1 aromatic rings. The lowest BCUT2D eigenvalue weighted by atomic mass is 10.2. The van der Waals surface area contributed by atoms with Gasteiger partial charge in [-0.2, -0.15) is 4.31 Å². The monoisotopic (exact) mass is 256 g/mol. The number of hydrogen-bond donors (Lipinski definition) is 1. The van der Waals surface area contributed by atoms with Gasteiger partial charge < -0.3 is 5.73 Å². The second-order valence-corrected chi connectivity index (χ2v) is 6.01. The van der Waals surface area contributed by atoms with Crippen molar-refractivity contribution in [2.24, 2.45) is 0 Å². The SMILES string of the molecule is CCCN(CC)S(=O)(=O)c1cc(C)cc(N)c1. The highest BCUT2D eigenvalue weighted by Crippen LogP contribution is 2.20. The average molecular weight is 256 g/mol. The second kappa shape index (κ2) is 5.51. The van der Waals surface area contributed by atoms with Gasteiger partial charge in [-0.3, -0.25) is 0 Å². The molecule has 0 aliphatic rings. The summed E-state index contributed by atoms with van der Waals surface area (Å²) in [7, 11) is -3.40. The van der Waals surface area contributed by atoms with Crippen molar-refractivity contribution in [1.29, 1.82) is 0 Å². The average Bonchev–Trinajstić information content (AvgIpc) is 2.24. The van der Waals surface area contributed by atoms with Crippen LogP contribution in [0, 0.1) is 6.92 Å². The maximum Gasteiger partial charge on any atom is 0.243 e. The quantitative estimate of drug-likeness (QED) is 0.819. The number of nitrogen functional groups attached to an aromatic ring is 1. The molecular formula is C12H20N2O2S. The van der Waals surface area contributed by atoms with Crippen LogP contribution in [0.15, 0.2) is 23.1 Å². The molecule has 0 spiro atoms. The summed E-state index contributed by atoms with van der Waals surface area (Å²) in [6.45, 7) is 6.65. The summed E-state index contributed by atoms with van der Waals surface area (Å²) in [5, 5.41) is 0. The lowest BCUT2D eigenvalue weighted by Crippen LogP contribution is -2.31. The van der Waals surface area contributed by atoms with Crippen LogP contribution in [0.4, 0.5) is 5.69 Å². The van der Waals surface area contributed by atoms with Gasteiger partial charge in [-0.1, -0.05) is 13.8 Å². The summed E-state index contributed by atoms with van der Waals surface area (Å²) in [6.07, 6.45) is 0.800. The van der Waals surface area contributed by atoms with Crippen molar-refractivity contribution >= 4 is 15.7 Å². The van der Waals surface area contributed by atoms with E-state index >= 15 is 0 Å². The van der Waals surface area contributed by atoms with Crippen LogP contribution < -0.4 is 5.73 Å². The Morgan fingerprint density at radius 1 is 1.24 bits per heavy atom. The number of nitrogens with zero attached hydrogens (tertiary/aromatic N) is 1. The minimum atomic E-state index is -3.40. The summed E-state index contributed by atoms with van der Waals surface area (Å²) in [6, 6.07) is 4.93. The van der Waals surface area contributed by atoms with Gasteiger partial charge in [0, 0.05) is 18.8 Å². The van der Waals surface area contributed by atoms with Crippen LogP contribution >= 0.6 is 0 Å². The minimum absolute atomic E-state index is 0.283. The Balaban J connectivity index is 3.20. The van der Waals surface area contributed by atoms with E-state index in [1.165, 1.54) is 10.4 Å². The van der Waals surface area contributed by atoms with Crippen molar-refractivity contribution in [3.8, 4) is 0 Å². The third-order valence-corrected chi connectivity index (χ3v) is 4.49. The maximum absolute atomic E-state index is 12.3. The third-order valence-electron chi connectivity index (χ3n) is 2.54. The summed E-state index contributed by atoms with van der Waals surface area (Å²) in [5.41, 5.74) is 7.03. The molecule has 0 saturated carbocycles. The van der Waals surface area contributed by atoms with E-state index in [1.807, 2.05) is 20.8 Å². The predicted molar refractivity (Wildman–Crippen MR) is 70.3 cm³/mol. The molecule has 0 aliphatic carbocycles. The second-order valence-electron chi connectivity index (χ2n) is 4.08. The first-order valence-electron chi connectivity index (χ1n) is 5.79. The van der Waals surface area contributed by atoms with E-state index in [9.17, 15) is 8.42 Å². The van der Waals surface area contributed by atoms with E-state index in [2.05, 4.69) is 0 Å². The van der Waals surface area contributed by atoms with E-state index in [4.69, 9.17) is 5.73 Å². The molecular weight excluding hydrogens is 236 g/mol. The van der Waals surface area contributed by atoms with Crippen LogP contribution in [-0.2, 0) is 10.0 Å². The van der Waals surface area contributed by atoms with Crippen molar-refractivity contribution in [1.82, 2.24) is 4.31 Å². The predicted octanol–water partition coefficient (Wildman–Crippen LogP) is 2.00. The number of aryl methyl sites for hydroxylation is 1. The number of benzene rings is 1. The third kappa shape index (κ3) is 3.20. The molecule has 0 heterocycles. The Bertz CT molecular complexity index is 463. The molecule has 0 unspecified atom stereocenters. The summed E-state index contributed by atoms with van der Waals surface area (Å²) >= 11 is 0. The summed E-state index contributed by atoms with van der Waals surface area (Å²) in [4.78, 5) is 0.283. The minimum Gasteiger partial charge on any atom is -0.399 e. The fourth-order valence-electron chi connectivity index (χ4n) is 1.77. The van der Waals surface area contributed by atoms with Crippen LogP contribution in [-0.4, -0.2) is 25.8 Å². The highest BCUT2D eigenvalue weighted by atomic mass is 32.2. The Morgan fingerprint density at radius 2 is 1.88 bits per heavy atom. The lowest BCUT2D eigenvalue weighted by Gasteiger charge is -2.20. The zero-order valence-electron chi connectivity index (χ0n) is 10.6. The molecule has 0 bridgehead atoms. The van der Waals surface area contributed by atoms with E-state index in [0.717, 1.165) is 12.0 Å². The van der Waals surface area contributed by atoms with Crippen LogP contribution in [0.5, 0.6) is 0 Å². The molecule has 2 N–H and O–H groups in total. The summed E-state index contributed by atoms with van der Waals surface area (Å²) < 4.78 is 26.1. The molecule has 0 amide bonds. The first-order chi connectivity index (χ1) is 7.91. The first-order valence-corrected chi connectivity index (χ1v) is 7.23. The molecule has 1 aromatic carbocycles. The molecule has 0 fully saturated rings. The smallest absolute Gasteiger partial charge is 0.243 e. The van der Waals surface area contributed by atoms with Gasteiger partial charge in [0.2, 0.25) is 10.0 Å². The standard InChI is InChI=1S/C12H20N2O2S/c1-4-6-14(5-2)17(15,16)12-8-10(3)7-11(13)9-12/h7-9H,4-6,13H2,1-3H3. The van der Waals surface area contributed by atoms with Crippen LogP contribution in [0.2, 0.25) is 0 Å². The fraction of sp³-hybridized carbons (Fsp3) is 0.500. The number of nitrogens with two attached hydrogens (primary N) is 1. The number of rotatable bonds is 5. The van der Waals surface area contributed by atoms with Gasteiger partial charge in [0.15, 0.2) is 0 Å². The molecule has 5 heteroatoms. The molecule has 4 nitrogen and oxygen atoms in total. The molecule has 0 atom stereocenters. The van der Waals surface area contributed by atoms with E-state index in [-0.39, 0.29) is 4.90 Å². The molecule has 0 saturated heterocycles. The Morgan fingerprint density at radius 3 is 2.35 bits per heavy atom. The van der Waals surface area contributed by atoms with Gasteiger partial charge in [0.05, 0.1) is 4.90 Å². The van der Waals surface area contributed by atoms with Crippen LogP contribution in [0.3, 0.4) is 0 Å². The number of sulfonamides is 1. The Labute approximate surface area is 103 Å². The highest BCUT2D eigenvalue weighted by Gasteiger charge is 2.22. The van der Waals surface area contributed by atoms with Gasteiger partial charge in [-0.15, -0.1) is 0 Å². The van der Waals surface area contributed by atoms with Gasteiger partial charge >= 0.3 is 0 Å². The van der Waals surface area contributed by atoms with Crippen LogP contribution in [0.25, 0.3) is 0 Å². The normalized spacial score (nSPS) is 12.0. The van der Waals surface area contributed by atoms with E-state index < -0.39 is 10.0 Å². The van der Waals surface area contributed by atoms with E-state index in [1.54, 1.807) is 12.1 Å². The lowest BCUT2D eigenvalue weighted by molar-refractivity contribution is 0.427. The zero-order chi connectivity index (χ0) is 13.1. The van der Waals surface area contributed by atoms with Gasteiger partial charge in [0.1, 0.15) is 0 Å². The fourth-order valence-corrected chi connectivity index (χ4v) is 3.45. The Kier molecular flexibility index (Phi) is 4.54. The molecule has 0 aliphatic heterocycles. The number of hydrogen-bond acceptors (Lipinski definition) is 3.